The Labute approximate surface area is 130 Å². The van der Waals surface area contributed by atoms with E-state index in [-0.39, 0.29) is 12.1 Å². The highest BCUT2D eigenvalue weighted by molar-refractivity contribution is 5.91. The fourth-order valence-electron chi connectivity index (χ4n) is 2.39. The summed E-state index contributed by atoms with van der Waals surface area (Å²) in [6, 6.07) is 4.66. The predicted molar refractivity (Wildman–Crippen MR) is 73.8 cm³/mol. The number of aliphatic carboxylic acids is 1. The molecule has 1 atom stereocenters. The number of carbonyl (C=O) groups is 2. The first-order chi connectivity index (χ1) is 10.7. The third-order valence-electron chi connectivity index (χ3n) is 3.94. The zero-order valence-corrected chi connectivity index (χ0v) is 12.3. The van der Waals surface area contributed by atoms with Crippen LogP contribution in [-0.2, 0) is 25.9 Å². The van der Waals surface area contributed by atoms with E-state index in [1.165, 1.54) is 19.2 Å². The van der Waals surface area contributed by atoms with Crippen molar-refractivity contribution in [1.82, 2.24) is 5.32 Å². The minimum atomic E-state index is -4.48. The molecule has 0 radical (unpaired) electrons. The number of carboxylic acid groups (broad SMARTS) is 1. The maximum atomic E-state index is 12.8. The van der Waals surface area contributed by atoms with Crippen LogP contribution in [0.25, 0.3) is 0 Å². The highest BCUT2D eigenvalue weighted by atomic mass is 19.4. The molecule has 1 aliphatic rings. The van der Waals surface area contributed by atoms with Crippen LogP contribution in [0.4, 0.5) is 13.2 Å². The largest absolute Gasteiger partial charge is 0.479 e. The van der Waals surface area contributed by atoms with Gasteiger partial charge in [-0.3, -0.25) is 4.79 Å². The first kappa shape index (κ1) is 17.3. The van der Waals surface area contributed by atoms with Crippen molar-refractivity contribution in [2.45, 2.75) is 30.5 Å². The Morgan fingerprint density at radius 1 is 1.39 bits per heavy atom. The lowest BCUT2D eigenvalue weighted by Crippen LogP contribution is -2.42. The number of ether oxygens (including phenoxy) is 1. The van der Waals surface area contributed by atoms with E-state index in [0.29, 0.717) is 12.8 Å². The maximum absolute atomic E-state index is 12.8. The molecule has 126 valence electrons. The topological polar surface area (TPSA) is 75.6 Å². The maximum Gasteiger partial charge on any atom is 0.416 e. The lowest BCUT2D eigenvalue weighted by Gasteiger charge is -2.19. The van der Waals surface area contributed by atoms with Gasteiger partial charge in [0.05, 0.1) is 17.5 Å². The van der Waals surface area contributed by atoms with Gasteiger partial charge in [0.1, 0.15) is 0 Å². The SMILES string of the molecule is COC(CNC(=O)C1(c2cccc(C(F)(F)F)c2)CC1)C(=O)O. The van der Waals surface area contributed by atoms with Gasteiger partial charge in [0.25, 0.3) is 0 Å². The second-order valence-corrected chi connectivity index (χ2v) is 5.43. The van der Waals surface area contributed by atoms with Gasteiger partial charge in [0.15, 0.2) is 6.10 Å². The van der Waals surface area contributed by atoms with Gasteiger partial charge in [0, 0.05) is 7.11 Å². The first-order valence-electron chi connectivity index (χ1n) is 6.92. The average Bonchev–Trinajstić information content (AvgIpc) is 3.28. The molecule has 1 fully saturated rings. The summed E-state index contributed by atoms with van der Waals surface area (Å²) < 4.78 is 43.1. The summed E-state index contributed by atoms with van der Waals surface area (Å²) in [5, 5.41) is 11.3. The van der Waals surface area contributed by atoms with E-state index in [4.69, 9.17) is 9.84 Å². The van der Waals surface area contributed by atoms with Crippen LogP contribution in [0.5, 0.6) is 0 Å². The summed E-state index contributed by atoms with van der Waals surface area (Å²) in [7, 11) is 1.20. The Hall–Kier alpha value is -2.09. The minimum Gasteiger partial charge on any atom is -0.479 e. The van der Waals surface area contributed by atoms with Crippen LogP contribution in [0.2, 0.25) is 0 Å². The number of benzene rings is 1. The number of hydrogen-bond acceptors (Lipinski definition) is 3. The van der Waals surface area contributed by atoms with Crippen molar-refractivity contribution in [1.29, 1.82) is 0 Å². The fraction of sp³-hybridized carbons (Fsp3) is 0.467. The van der Waals surface area contributed by atoms with Crippen molar-refractivity contribution in [3.8, 4) is 0 Å². The highest BCUT2D eigenvalue weighted by Crippen LogP contribution is 2.49. The van der Waals surface area contributed by atoms with Crippen molar-refractivity contribution in [2.24, 2.45) is 0 Å². The molecule has 5 nitrogen and oxygen atoms in total. The third kappa shape index (κ3) is 3.64. The number of nitrogens with one attached hydrogen (secondary N) is 1. The van der Waals surface area contributed by atoms with Crippen LogP contribution in [0, 0.1) is 0 Å². The molecule has 1 aromatic carbocycles. The minimum absolute atomic E-state index is 0.245. The molecule has 1 saturated carbocycles. The Kier molecular flexibility index (Phi) is 4.65. The lowest BCUT2D eigenvalue weighted by atomic mass is 9.93. The van der Waals surface area contributed by atoms with E-state index in [1.54, 1.807) is 0 Å². The molecule has 2 N–H and O–H groups in total. The summed E-state index contributed by atoms with van der Waals surface area (Å²) in [4.78, 5) is 23.1. The molecule has 0 bridgehead atoms. The highest BCUT2D eigenvalue weighted by Gasteiger charge is 2.51. The van der Waals surface area contributed by atoms with Gasteiger partial charge >= 0.3 is 12.1 Å². The second kappa shape index (κ2) is 6.19. The van der Waals surface area contributed by atoms with Crippen molar-refractivity contribution < 1.29 is 32.6 Å². The molecule has 0 heterocycles. The molecule has 1 aliphatic carbocycles. The zero-order valence-electron chi connectivity index (χ0n) is 12.3. The van der Waals surface area contributed by atoms with Crippen molar-refractivity contribution in [2.75, 3.05) is 13.7 Å². The average molecular weight is 331 g/mol. The number of hydrogen-bond donors (Lipinski definition) is 2. The summed E-state index contributed by atoms with van der Waals surface area (Å²) in [6.45, 7) is -0.245. The van der Waals surface area contributed by atoms with Crippen LogP contribution in [0.15, 0.2) is 24.3 Å². The van der Waals surface area contributed by atoms with Gasteiger partial charge < -0.3 is 15.2 Å². The molecular weight excluding hydrogens is 315 g/mol. The van der Waals surface area contributed by atoms with Crippen LogP contribution >= 0.6 is 0 Å². The van der Waals surface area contributed by atoms with Gasteiger partial charge in [-0.15, -0.1) is 0 Å². The first-order valence-corrected chi connectivity index (χ1v) is 6.92. The summed E-state index contributed by atoms with van der Waals surface area (Å²) >= 11 is 0. The van der Waals surface area contributed by atoms with Gasteiger partial charge in [-0.25, -0.2) is 4.79 Å². The van der Waals surface area contributed by atoms with E-state index >= 15 is 0 Å². The summed E-state index contributed by atoms with van der Waals surface area (Å²) in [6.07, 6.45) is -4.83. The quantitative estimate of drug-likeness (QED) is 0.835. The summed E-state index contributed by atoms with van der Waals surface area (Å²) in [5.74, 6) is -1.71. The molecule has 2 rings (SSSR count). The molecular formula is C15H16F3NO4. The Morgan fingerprint density at radius 2 is 2.04 bits per heavy atom. The Bertz CT molecular complexity index is 611. The molecule has 8 heteroatoms. The standard InChI is InChI=1S/C15H16F3NO4/c1-23-11(12(20)21)8-19-13(22)14(5-6-14)9-3-2-4-10(7-9)15(16,17)18/h2-4,7,11H,5-6,8H2,1H3,(H,19,22)(H,20,21). The van der Waals surface area contributed by atoms with Crippen LogP contribution < -0.4 is 5.32 Å². The predicted octanol–water partition coefficient (Wildman–Crippen LogP) is 1.95. The molecule has 1 unspecified atom stereocenters. The smallest absolute Gasteiger partial charge is 0.416 e. The fourth-order valence-corrected chi connectivity index (χ4v) is 2.39. The molecule has 23 heavy (non-hydrogen) atoms. The van der Waals surface area contributed by atoms with E-state index in [2.05, 4.69) is 5.32 Å². The van der Waals surface area contributed by atoms with Crippen LogP contribution in [-0.4, -0.2) is 36.7 Å². The lowest BCUT2D eigenvalue weighted by molar-refractivity contribution is -0.148. The van der Waals surface area contributed by atoms with E-state index in [1.807, 2.05) is 0 Å². The molecule has 0 spiro atoms. The summed E-state index contributed by atoms with van der Waals surface area (Å²) in [5.41, 5.74) is -1.54. The van der Waals surface area contributed by atoms with Crippen molar-refractivity contribution in [3.63, 3.8) is 0 Å². The molecule has 0 aliphatic heterocycles. The Balaban J connectivity index is 2.13. The Morgan fingerprint density at radius 3 is 2.52 bits per heavy atom. The van der Waals surface area contributed by atoms with Gasteiger partial charge in [-0.2, -0.15) is 13.2 Å². The molecule has 0 aromatic heterocycles. The van der Waals surface area contributed by atoms with E-state index < -0.39 is 35.1 Å². The van der Waals surface area contributed by atoms with Crippen molar-refractivity contribution in [3.05, 3.63) is 35.4 Å². The number of carbonyl (C=O) groups excluding carboxylic acids is 1. The van der Waals surface area contributed by atoms with Crippen LogP contribution in [0.3, 0.4) is 0 Å². The second-order valence-electron chi connectivity index (χ2n) is 5.43. The number of amides is 1. The number of carboxylic acids is 1. The number of halogens is 3. The van der Waals surface area contributed by atoms with Gasteiger partial charge in [-0.05, 0) is 24.5 Å². The normalized spacial score (nSPS) is 17.4. The van der Waals surface area contributed by atoms with Gasteiger partial charge in [-0.1, -0.05) is 18.2 Å². The monoisotopic (exact) mass is 331 g/mol. The zero-order chi connectivity index (χ0) is 17.3. The molecule has 1 amide bonds. The molecule has 1 aromatic rings. The number of alkyl halides is 3. The van der Waals surface area contributed by atoms with Crippen LogP contribution in [0.1, 0.15) is 24.0 Å². The van der Waals surface area contributed by atoms with E-state index in [0.717, 1.165) is 12.1 Å². The van der Waals surface area contributed by atoms with Gasteiger partial charge in [0.2, 0.25) is 5.91 Å². The van der Waals surface area contributed by atoms with Crippen molar-refractivity contribution >= 4 is 11.9 Å². The third-order valence-corrected chi connectivity index (χ3v) is 3.94. The van der Waals surface area contributed by atoms with E-state index in [9.17, 15) is 22.8 Å². The molecule has 0 saturated heterocycles. The number of rotatable bonds is 6. The number of methoxy groups -OCH3 is 1.